The van der Waals surface area contributed by atoms with Crippen LogP contribution in [-0.2, 0) is 17.9 Å². The number of carbonyl (C=O) groups is 3. The van der Waals surface area contributed by atoms with Crippen molar-refractivity contribution in [3.05, 3.63) is 136 Å². The molecule has 1 amide bonds. The average Bonchev–Trinajstić information content (AvgIpc) is 2.98. The number of aromatic carboxylic acids is 2. The van der Waals surface area contributed by atoms with Gasteiger partial charge < -0.3 is 15.5 Å². The first-order valence-corrected chi connectivity index (χ1v) is 13.4. The lowest BCUT2D eigenvalue weighted by Crippen LogP contribution is -2.18. The Bertz CT molecular complexity index is 1800. The molecule has 0 aliphatic carbocycles. The van der Waals surface area contributed by atoms with Gasteiger partial charge in [0, 0.05) is 12.1 Å². The molecule has 0 spiro atoms. The molecule has 4 aromatic rings. The van der Waals surface area contributed by atoms with E-state index in [1.807, 2.05) is 0 Å². The Morgan fingerprint density at radius 1 is 0.756 bits per heavy atom. The van der Waals surface area contributed by atoms with Gasteiger partial charge >= 0.3 is 11.9 Å². The predicted octanol–water partition coefficient (Wildman–Crippen LogP) is 6.59. The molecule has 14 nitrogen and oxygen atoms in total. The first-order chi connectivity index (χ1) is 21.4. The van der Waals surface area contributed by atoms with E-state index in [1.165, 1.54) is 24.3 Å². The molecule has 0 fully saturated rings. The van der Waals surface area contributed by atoms with Gasteiger partial charge in [-0.1, -0.05) is 47.5 Å². The number of carbonyl (C=O) groups excluding carboxylic acids is 1. The van der Waals surface area contributed by atoms with E-state index in [1.54, 1.807) is 30.3 Å². The zero-order valence-electron chi connectivity index (χ0n) is 22.7. The van der Waals surface area contributed by atoms with E-state index < -0.39 is 56.8 Å². The molecule has 0 aliphatic rings. The highest BCUT2D eigenvalue weighted by atomic mass is 35.5. The van der Waals surface area contributed by atoms with Crippen molar-refractivity contribution in [1.29, 1.82) is 0 Å². The van der Waals surface area contributed by atoms with Crippen LogP contribution in [-0.4, -0.2) is 37.9 Å². The SMILES string of the molecule is O=C(O)c1cccc([N+](=O)[O-])c1CONc1ccc(Cc2ccc(NC(=O)c3c(C(=O)O)cccc3[N+](=O)[O-])c(Cl)c2)cc1Cl. The minimum Gasteiger partial charge on any atom is -0.478 e. The maximum absolute atomic E-state index is 12.9. The molecule has 0 radical (unpaired) electrons. The standard InChI is InChI=1S/C29H20Cl2N4O10/c30-20-12-15(7-9-22(20)32-27(36)26-18(29(39)40)4-2-6-25(26)35(43)44)11-16-8-10-23(21(31)13-16)33-45-14-19-17(28(37)38)3-1-5-24(19)34(41)42/h1-10,12-13,33H,11,14H2,(H,32,36)(H,37,38)(H,39,40). The van der Waals surface area contributed by atoms with Crippen LogP contribution in [0.3, 0.4) is 0 Å². The first-order valence-electron chi connectivity index (χ1n) is 12.6. The molecule has 4 N–H and O–H groups in total. The molecule has 4 aromatic carbocycles. The summed E-state index contributed by atoms with van der Waals surface area (Å²) in [6, 6.07) is 16.5. The maximum Gasteiger partial charge on any atom is 0.336 e. The number of carboxylic acid groups (broad SMARTS) is 2. The van der Waals surface area contributed by atoms with E-state index in [-0.39, 0.29) is 26.9 Å². The number of nitrogens with zero attached hydrogens (tertiary/aromatic N) is 2. The average molecular weight is 655 g/mol. The van der Waals surface area contributed by atoms with Crippen LogP contribution < -0.4 is 10.8 Å². The Morgan fingerprint density at radius 3 is 1.82 bits per heavy atom. The number of hydrogen-bond donors (Lipinski definition) is 4. The van der Waals surface area contributed by atoms with Crippen LogP contribution in [0.1, 0.15) is 47.8 Å². The number of anilines is 2. The fourth-order valence-corrected chi connectivity index (χ4v) is 4.83. The Kier molecular flexibility index (Phi) is 9.93. The van der Waals surface area contributed by atoms with Gasteiger partial charge in [-0.2, -0.15) is 0 Å². The van der Waals surface area contributed by atoms with Crippen molar-refractivity contribution in [1.82, 2.24) is 0 Å². The molecule has 0 bridgehead atoms. The number of amides is 1. The Hall–Kier alpha value is -5.57. The largest absolute Gasteiger partial charge is 0.478 e. The van der Waals surface area contributed by atoms with Gasteiger partial charge in [0.1, 0.15) is 12.2 Å². The molecule has 0 aromatic heterocycles. The fraction of sp³-hybridized carbons (Fsp3) is 0.0690. The zero-order chi connectivity index (χ0) is 32.8. The third-order valence-electron chi connectivity index (χ3n) is 6.40. The van der Waals surface area contributed by atoms with E-state index in [0.29, 0.717) is 17.7 Å². The molecule has 45 heavy (non-hydrogen) atoms. The molecule has 0 saturated carbocycles. The van der Waals surface area contributed by atoms with E-state index in [2.05, 4.69) is 10.8 Å². The summed E-state index contributed by atoms with van der Waals surface area (Å²) in [6.07, 6.45) is 0.334. The van der Waals surface area contributed by atoms with Crippen molar-refractivity contribution in [2.45, 2.75) is 13.0 Å². The monoisotopic (exact) mass is 654 g/mol. The highest BCUT2D eigenvalue weighted by Crippen LogP contribution is 2.30. The summed E-state index contributed by atoms with van der Waals surface area (Å²) >= 11 is 12.7. The number of nitro benzene ring substituents is 2. The van der Waals surface area contributed by atoms with Gasteiger partial charge in [-0.15, -0.1) is 0 Å². The summed E-state index contributed by atoms with van der Waals surface area (Å²) in [5, 5.41) is 44.3. The first kappa shape index (κ1) is 32.3. The summed E-state index contributed by atoms with van der Waals surface area (Å²) in [5.74, 6) is -3.88. The van der Waals surface area contributed by atoms with E-state index >= 15 is 0 Å². The molecule has 230 valence electrons. The van der Waals surface area contributed by atoms with Crippen LogP contribution in [0.15, 0.2) is 72.8 Å². The summed E-state index contributed by atoms with van der Waals surface area (Å²) in [4.78, 5) is 62.5. The molecule has 0 heterocycles. The summed E-state index contributed by atoms with van der Waals surface area (Å²) < 4.78 is 0. The van der Waals surface area contributed by atoms with Gasteiger partial charge in [-0.05, 0) is 53.9 Å². The number of nitrogens with one attached hydrogen (secondary N) is 2. The Labute approximate surface area is 263 Å². The molecule has 0 atom stereocenters. The molecule has 0 unspecified atom stereocenters. The lowest BCUT2D eigenvalue weighted by molar-refractivity contribution is -0.386. The molecule has 4 rings (SSSR count). The van der Waals surface area contributed by atoms with Gasteiger partial charge in [-0.25, -0.2) is 9.59 Å². The summed E-state index contributed by atoms with van der Waals surface area (Å²) in [7, 11) is 0. The lowest BCUT2D eigenvalue weighted by Gasteiger charge is -2.13. The number of halogens is 2. The summed E-state index contributed by atoms with van der Waals surface area (Å²) in [6.45, 7) is -0.437. The van der Waals surface area contributed by atoms with Crippen LogP contribution in [0.4, 0.5) is 22.7 Å². The van der Waals surface area contributed by atoms with Crippen LogP contribution in [0.25, 0.3) is 0 Å². The normalized spacial score (nSPS) is 10.6. The van der Waals surface area contributed by atoms with Gasteiger partial charge in [0.25, 0.3) is 17.3 Å². The molecular weight excluding hydrogens is 635 g/mol. The minimum atomic E-state index is -1.51. The number of benzene rings is 4. The number of rotatable bonds is 12. The van der Waals surface area contributed by atoms with Crippen LogP contribution in [0.5, 0.6) is 0 Å². The number of hydrogen-bond acceptors (Lipinski definition) is 9. The van der Waals surface area contributed by atoms with Crippen LogP contribution in [0, 0.1) is 20.2 Å². The van der Waals surface area contributed by atoms with Crippen molar-refractivity contribution in [3.8, 4) is 0 Å². The predicted molar refractivity (Wildman–Crippen MR) is 162 cm³/mol. The third kappa shape index (κ3) is 7.51. The smallest absolute Gasteiger partial charge is 0.336 e. The second-order valence-electron chi connectivity index (χ2n) is 9.28. The quantitative estimate of drug-likeness (QED) is 0.0944. The van der Waals surface area contributed by atoms with Crippen molar-refractivity contribution in [2.75, 3.05) is 10.8 Å². The van der Waals surface area contributed by atoms with Gasteiger partial charge in [-0.3, -0.25) is 35.3 Å². The van der Waals surface area contributed by atoms with Crippen LogP contribution >= 0.6 is 23.2 Å². The topological polar surface area (TPSA) is 211 Å². The molecular formula is C29H20Cl2N4O10. The second-order valence-corrected chi connectivity index (χ2v) is 10.1. The Morgan fingerprint density at radius 2 is 1.29 bits per heavy atom. The lowest BCUT2D eigenvalue weighted by atomic mass is 10.0. The van der Waals surface area contributed by atoms with Crippen molar-refractivity contribution in [3.63, 3.8) is 0 Å². The minimum absolute atomic E-state index is 0.0878. The highest BCUT2D eigenvalue weighted by molar-refractivity contribution is 6.34. The number of nitro groups is 2. The van der Waals surface area contributed by atoms with Crippen LogP contribution in [0.2, 0.25) is 10.0 Å². The third-order valence-corrected chi connectivity index (χ3v) is 7.02. The number of carboxylic acids is 2. The van der Waals surface area contributed by atoms with Gasteiger partial charge in [0.15, 0.2) is 0 Å². The van der Waals surface area contributed by atoms with E-state index in [0.717, 1.165) is 23.8 Å². The van der Waals surface area contributed by atoms with Crippen molar-refractivity contribution >= 4 is 63.8 Å². The maximum atomic E-state index is 12.9. The van der Waals surface area contributed by atoms with Crippen molar-refractivity contribution < 1.29 is 39.3 Å². The van der Waals surface area contributed by atoms with E-state index in [9.17, 15) is 44.8 Å². The molecule has 0 saturated heterocycles. The van der Waals surface area contributed by atoms with Gasteiger partial charge in [0.2, 0.25) is 0 Å². The second kappa shape index (κ2) is 13.8. The zero-order valence-corrected chi connectivity index (χ0v) is 24.2. The summed E-state index contributed by atoms with van der Waals surface area (Å²) in [5.41, 5.74) is 1.75. The Balaban J connectivity index is 1.44. The highest BCUT2D eigenvalue weighted by Gasteiger charge is 2.27. The van der Waals surface area contributed by atoms with Crippen molar-refractivity contribution in [2.24, 2.45) is 0 Å². The molecule has 0 aliphatic heterocycles. The fourth-order valence-electron chi connectivity index (χ4n) is 4.33. The van der Waals surface area contributed by atoms with E-state index in [4.69, 9.17) is 28.0 Å². The van der Waals surface area contributed by atoms with Gasteiger partial charge in [0.05, 0.1) is 48.0 Å². The molecule has 16 heteroatoms.